The van der Waals surface area contributed by atoms with Crippen LogP contribution in [-0.4, -0.2) is 19.0 Å². The highest BCUT2D eigenvalue weighted by atomic mass is 16.5. The summed E-state index contributed by atoms with van der Waals surface area (Å²) in [5, 5.41) is 6.20. The Morgan fingerprint density at radius 1 is 0.966 bits per heavy atom. The van der Waals surface area contributed by atoms with Gasteiger partial charge in [-0.2, -0.15) is 0 Å². The quantitative estimate of drug-likeness (QED) is 0.600. The van der Waals surface area contributed by atoms with E-state index in [2.05, 4.69) is 10.6 Å². The van der Waals surface area contributed by atoms with Crippen molar-refractivity contribution in [2.45, 2.75) is 12.5 Å². The van der Waals surface area contributed by atoms with Gasteiger partial charge >= 0.3 is 5.97 Å². The Balaban J connectivity index is 1.46. The van der Waals surface area contributed by atoms with E-state index in [9.17, 15) is 9.59 Å². The van der Waals surface area contributed by atoms with Crippen molar-refractivity contribution in [2.24, 2.45) is 0 Å². The lowest BCUT2D eigenvalue weighted by Gasteiger charge is -2.15. The molecular weight excluding hydrogens is 368 g/mol. The Bertz CT molecular complexity index is 1050. The molecule has 29 heavy (non-hydrogen) atoms. The molecule has 1 heterocycles. The summed E-state index contributed by atoms with van der Waals surface area (Å²) in [6.07, 6.45) is -0.514. The second-order valence-corrected chi connectivity index (χ2v) is 6.63. The number of para-hydroxylation sites is 2. The first-order valence-corrected chi connectivity index (χ1v) is 9.24. The van der Waals surface area contributed by atoms with E-state index in [1.54, 1.807) is 19.2 Å². The van der Waals surface area contributed by atoms with Crippen molar-refractivity contribution >= 4 is 28.9 Å². The van der Waals surface area contributed by atoms with Crippen molar-refractivity contribution in [1.82, 2.24) is 0 Å². The fourth-order valence-corrected chi connectivity index (χ4v) is 3.27. The van der Waals surface area contributed by atoms with Crippen LogP contribution in [0.1, 0.15) is 28.4 Å². The van der Waals surface area contributed by atoms with Gasteiger partial charge in [0.2, 0.25) is 5.91 Å². The summed E-state index contributed by atoms with van der Waals surface area (Å²) >= 11 is 0. The maximum absolute atomic E-state index is 12.6. The van der Waals surface area contributed by atoms with Gasteiger partial charge < -0.3 is 20.1 Å². The molecule has 2 N–H and O–H groups in total. The molecule has 146 valence electrons. The molecule has 0 aliphatic carbocycles. The number of methoxy groups -OCH3 is 1. The van der Waals surface area contributed by atoms with Crippen molar-refractivity contribution in [2.75, 3.05) is 17.7 Å². The first-order valence-electron chi connectivity index (χ1n) is 9.24. The molecule has 0 spiro atoms. The van der Waals surface area contributed by atoms with Crippen LogP contribution in [0.5, 0.6) is 5.75 Å². The number of carbonyl (C=O) groups excluding carboxylic acids is 2. The molecule has 0 radical (unpaired) electrons. The summed E-state index contributed by atoms with van der Waals surface area (Å²) in [4.78, 5) is 24.6. The van der Waals surface area contributed by atoms with Crippen LogP contribution in [0.4, 0.5) is 17.1 Å². The first kappa shape index (κ1) is 18.6. The summed E-state index contributed by atoms with van der Waals surface area (Å²) in [5.41, 5.74) is 3.54. The fourth-order valence-electron chi connectivity index (χ4n) is 3.27. The van der Waals surface area contributed by atoms with Crippen molar-refractivity contribution in [3.05, 3.63) is 83.9 Å². The predicted molar refractivity (Wildman–Crippen MR) is 111 cm³/mol. The molecule has 6 nitrogen and oxygen atoms in total. The molecule has 0 aromatic heterocycles. The number of fused-ring (bicyclic) bond motifs is 1. The van der Waals surface area contributed by atoms with Crippen molar-refractivity contribution < 1.29 is 19.1 Å². The molecule has 0 fully saturated rings. The van der Waals surface area contributed by atoms with E-state index in [0.717, 1.165) is 22.7 Å². The van der Waals surface area contributed by atoms with Gasteiger partial charge in [-0.1, -0.05) is 30.3 Å². The number of rotatable bonds is 6. The molecule has 0 saturated heterocycles. The molecule has 3 aromatic rings. The number of ether oxygens (including phenoxy) is 2. The highest BCUT2D eigenvalue weighted by molar-refractivity contribution is 5.98. The van der Waals surface area contributed by atoms with Crippen molar-refractivity contribution in [3.8, 4) is 5.75 Å². The zero-order valence-corrected chi connectivity index (χ0v) is 15.8. The van der Waals surface area contributed by atoms with Crippen molar-refractivity contribution in [1.29, 1.82) is 0 Å². The second kappa shape index (κ2) is 8.06. The zero-order valence-electron chi connectivity index (χ0n) is 15.8. The van der Waals surface area contributed by atoms with Crippen LogP contribution in [0, 0.1) is 0 Å². The number of anilines is 3. The number of benzene rings is 3. The van der Waals surface area contributed by atoms with Crippen molar-refractivity contribution in [3.63, 3.8) is 0 Å². The van der Waals surface area contributed by atoms with E-state index in [1.165, 1.54) is 0 Å². The largest absolute Gasteiger partial charge is 0.497 e. The standard InChI is InChI=1S/C23H20N2O4/c1-28-16-12-10-15(11-13-16)24-19-8-4-5-9-20(19)25-22(26)14-21-17-6-2-3-7-18(17)23(27)29-21/h2-13,21,24H,14H2,1H3,(H,25,26). The zero-order chi connectivity index (χ0) is 20.2. The third kappa shape index (κ3) is 4.06. The number of hydrogen-bond donors (Lipinski definition) is 2. The number of nitrogens with one attached hydrogen (secondary N) is 2. The Hall–Kier alpha value is -3.80. The molecule has 4 rings (SSSR count). The van der Waals surface area contributed by atoms with Gasteiger partial charge in [-0.25, -0.2) is 4.79 Å². The summed E-state index contributed by atoms with van der Waals surface area (Å²) in [5.74, 6) is 0.145. The highest BCUT2D eigenvalue weighted by Gasteiger charge is 2.32. The van der Waals surface area contributed by atoms with E-state index >= 15 is 0 Å². The average molecular weight is 388 g/mol. The summed E-state index contributed by atoms with van der Waals surface area (Å²) < 4.78 is 10.5. The fraction of sp³-hybridized carbons (Fsp3) is 0.130. The van der Waals surface area contributed by atoms with Crippen LogP contribution in [0.2, 0.25) is 0 Å². The smallest absolute Gasteiger partial charge is 0.339 e. The van der Waals surface area contributed by atoms with E-state index < -0.39 is 6.10 Å². The molecular formula is C23H20N2O4. The van der Waals surface area contributed by atoms with Gasteiger partial charge in [0.25, 0.3) is 0 Å². The van der Waals surface area contributed by atoms with Crippen LogP contribution >= 0.6 is 0 Å². The minimum Gasteiger partial charge on any atom is -0.497 e. The molecule has 1 unspecified atom stereocenters. The Kier molecular flexibility index (Phi) is 5.16. The molecule has 1 aliphatic heterocycles. The molecule has 6 heteroatoms. The first-order chi connectivity index (χ1) is 14.1. The summed E-state index contributed by atoms with van der Waals surface area (Å²) in [6.45, 7) is 0. The van der Waals surface area contributed by atoms with Crippen LogP contribution in [0.25, 0.3) is 0 Å². The van der Waals surface area contributed by atoms with Gasteiger partial charge in [0.1, 0.15) is 11.9 Å². The Labute approximate surface area is 168 Å². The van der Waals surface area contributed by atoms with Crippen LogP contribution in [0.3, 0.4) is 0 Å². The molecule has 3 aromatic carbocycles. The SMILES string of the molecule is COc1ccc(Nc2ccccc2NC(=O)CC2OC(=O)c3ccccc32)cc1. The normalized spacial score (nSPS) is 14.7. The third-order valence-corrected chi connectivity index (χ3v) is 4.72. The molecule has 1 atom stereocenters. The lowest BCUT2D eigenvalue weighted by molar-refractivity contribution is -0.118. The monoisotopic (exact) mass is 388 g/mol. The van der Waals surface area contributed by atoms with Gasteiger partial charge in [0, 0.05) is 11.3 Å². The number of amides is 1. The molecule has 1 amide bonds. The Morgan fingerprint density at radius 2 is 1.66 bits per heavy atom. The lowest BCUT2D eigenvalue weighted by Crippen LogP contribution is -2.16. The topological polar surface area (TPSA) is 76.7 Å². The van der Waals surface area contributed by atoms with Gasteiger partial charge in [0.05, 0.1) is 30.5 Å². The van der Waals surface area contributed by atoms with Crippen LogP contribution < -0.4 is 15.4 Å². The average Bonchev–Trinajstić information content (AvgIpc) is 3.05. The maximum atomic E-state index is 12.6. The van der Waals surface area contributed by atoms with E-state index in [4.69, 9.17) is 9.47 Å². The van der Waals surface area contributed by atoms with Gasteiger partial charge in [0.15, 0.2) is 0 Å². The second-order valence-electron chi connectivity index (χ2n) is 6.63. The molecule has 0 bridgehead atoms. The minimum absolute atomic E-state index is 0.0552. The lowest BCUT2D eigenvalue weighted by atomic mass is 10.0. The van der Waals surface area contributed by atoms with Crippen LogP contribution in [-0.2, 0) is 9.53 Å². The number of cyclic esters (lactones) is 1. The highest BCUT2D eigenvalue weighted by Crippen LogP contribution is 2.33. The minimum atomic E-state index is -0.569. The van der Waals surface area contributed by atoms with Gasteiger partial charge in [-0.05, 0) is 42.5 Å². The van der Waals surface area contributed by atoms with Gasteiger partial charge in [-0.3, -0.25) is 4.79 Å². The number of esters is 1. The maximum Gasteiger partial charge on any atom is 0.339 e. The van der Waals surface area contributed by atoms with E-state index in [1.807, 2.05) is 60.7 Å². The molecule has 1 aliphatic rings. The van der Waals surface area contributed by atoms with E-state index in [0.29, 0.717) is 11.3 Å². The molecule has 0 saturated carbocycles. The summed E-state index contributed by atoms with van der Waals surface area (Å²) in [6, 6.07) is 22.1. The number of carbonyl (C=O) groups is 2. The van der Waals surface area contributed by atoms with Crippen LogP contribution in [0.15, 0.2) is 72.8 Å². The summed E-state index contributed by atoms with van der Waals surface area (Å²) in [7, 11) is 1.62. The van der Waals surface area contributed by atoms with E-state index in [-0.39, 0.29) is 18.3 Å². The van der Waals surface area contributed by atoms with Gasteiger partial charge in [-0.15, -0.1) is 0 Å². The number of hydrogen-bond acceptors (Lipinski definition) is 5. The third-order valence-electron chi connectivity index (χ3n) is 4.72. The predicted octanol–water partition coefficient (Wildman–Crippen LogP) is 4.68. The Morgan fingerprint density at radius 3 is 2.41 bits per heavy atom.